The standard InChI is InChI=1S/C69H74N2/c1-43(2)47-19-28-53(29-20-47)70(54-30-21-48(22-31-54)44(3)4)57-36-27-51-40-63-64(41-52(51)39-57)69(67(9,10)11,68(12,13)14)66-61-38-37-58(42-62(61)59-17-15-16-18-60(59)65(63)66)71(55-32-23-49(24-33-55)45(5)6)56-34-25-50(26-35-56)46(7)8/h15-46H,1-14H3. The molecule has 0 aromatic heterocycles. The summed E-state index contributed by atoms with van der Waals surface area (Å²) in [5, 5.41) is 7.74. The molecule has 0 saturated carbocycles. The minimum Gasteiger partial charge on any atom is -0.310 e. The Bertz CT molecular complexity index is 3290. The molecule has 0 radical (unpaired) electrons. The first kappa shape index (κ1) is 48.0. The van der Waals surface area contributed by atoms with Crippen molar-refractivity contribution in [2.75, 3.05) is 9.80 Å². The zero-order chi connectivity index (χ0) is 50.3. The van der Waals surface area contributed by atoms with Crippen LogP contribution in [0.5, 0.6) is 0 Å². The van der Waals surface area contributed by atoms with Crippen LogP contribution in [0.2, 0.25) is 0 Å². The predicted octanol–water partition coefficient (Wildman–Crippen LogP) is 20.9. The number of fused-ring (bicyclic) bond motifs is 9. The van der Waals surface area contributed by atoms with E-state index in [1.807, 2.05) is 0 Å². The molecule has 0 atom stereocenters. The summed E-state index contributed by atoms with van der Waals surface area (Å²) in [7, 11) is 0. The molecule has 0 saturated heterocycles. The maximum Gasteiger partial charge on any atom is 0.0468 e. The molecule has 2 nitrogen and oxygen atoms in total. The van der Waals surface area contributed by atoms with Crippen LogP contribution in [0.15, 0.2) is 170 Å². The van der Waals surface area contributed by atoms with E-state index in [1.165, 1.54) is 76.8 Å². The average molecular weight is 931 g/mol. The average Bonchev–Trinajstić information content (AvgIpc) is 3.66. The summed E-state index contributed by atoms with van der Waals surface area (Å²) >= 11 is 0. The fourth-order valence-electron chi connectivity index (χ4n) is 12.7. The summed E-state index contributed by atoms with van der Waals surface area (Å²) in [6, 6.07) is 65.6. The maximum absolute atomic E-state index is 2.59. The van der Waals surface area contributed by atoms with Gasteiger partial charge in [0, 0.05) is 39.5 Å². The minimum atomic E-state index is -0.364. The van der Waals surface area contributed by atoms with Gasteiger partial charge < -0.3 is 9.80 Å². The lowest BCUT2D eigenvalue weighted by molar-refractivity contribution is 0.0965. The highest BCUT2D eigenvalue weighted by molar-refractivity contribution is 6.20. The zero-order valence-corrected chi connectivity index (χ0v) is 44.9. The van der Waals surface area contributed by atoms with Crippen molar-refractivity contribution in [2.24, 2.45) is 10.8 Å². The molecule has 0 spiro atoms. The molecule has 2 heteroatoms. The normalized spacial score (nSPS) is 13.5. The maximum atomic E-state index is 2.59. The van der Waals surface area contributed by atoms with Gasteiger partial charge >= 0.3 is 0 Å². The van der Waals surface area contributed by atoms with Crippen LogP contribution in [0.25, 0.3) is 43.4 Å². The second-order valence-electron chi connectivity index (χ2n) is 23.9. The Morgan fingerprint density at radius 1 is 0.338 bits per heavy atom. The number of anilines is 6. The van der Waals surface area contributed by atoms with E-state index in [0.717, 1.165) is 34.1 Å². The molecular weight excluding hydrogens is 857 g/mol. The number of hydrogen-bond acceptors (Lipinski definition) is 2. The number of hydrogen-bond donors (Lipinski definition) is 0. The molecule has 0 fully saturated rings. The number of benzene rings is 9. The third-order valence-electron chi connectivity index (χ3n) is 16.1. The van der Waals surface area contributed by atoms with Crippen molar-refractivity contribution >= 4 is 66.4 Å². The largest absolute Gasteiger partial charge is 0.310 e. The van der Waals surface area contributed by atoms with Gasteiger partial charge in [-0.3, -0.25) is 0 Å². The minimum absolute atomic E-state index is 0.171. The first-order valence-electron chi connectivity index (χ1n) is 26.4. The van der Waals surface area contributed by atoms with Crippen molar-refractivity contribution < 1.29 is 0 Å². The Morgan fingerprint density at radius 3 is 1.13 bits per heavy atom. The summed E-state index contributed by atoms with van der Waals surface area (Å²) in [6.07, 6.45) is 0. The summed E-state index contributed by atoms with van der Waals surface area (Å²) in [6.45, 7) is 33.1. The lowest BCUT2D eigenvalue weighted by Crippen LogP contribution is -2.50. The van der Waals surface area contributed by atoms with Crippen molar-refractivity contribution in [3.63, 3.8) is 0 Å². The van der Waals surface area contributed by atoms with Gasteiger partial charge in [0.2, 0.25) is 0 Å². The Balaban J connectivity index is 1.21. The summed E-state index contributed by atoms with van der Waals surface area (Å²) in [5.74, 6) is 1.85. The Kier molecular flexibility index (Phi) is 12.1. The summed E-state index contributed by atoms with van der Waals surface area (Å²) in [4.78, 5) is 4.89. The molecule has 360 valence electrons. The molecule has 10 rings (SSSR count). The van der Waals surface area contributed by atoms with E-state index in [4.69, 9.17) is 0 Å². The Labute approximate surface area is 425 Å². The van der Waals surface area contributed by atoms with Crippen LogP contribution in [0.4, 0.5) is 34.1 Å². The third-order valence-corrected chi connectivity index (χ3v) is 16.1. The van der Waals surface area contributed by atoms with Gasteiger partial charge in [-0.25, -0.2) is 0 Å². The van der Waals surface area contributed by atoms with Gasteiger partial charge in [0.25, 0.3) is 0 Å². The van der Waals surface area contributed by atoms with Gasteiger partial charge in [-0.2, -0.15) is 0 Å². The lowest BCUT2D eigenvalue weighted by atomic mass is 9.49. The predicted molar refractivity (Wildman–Crippen MR) is 310 cm³/mol. The topological polar surface area (TPSA) is 6.48 Å². The van der Waals surface area contributed by atoms with Gasteiger partial charge in [0.1, 0.15) is 0 Å². The van der Waals surface area contributed by atoms with Crippen molar-refractivity contribution in [3.8, 4) is 11.1 Å². The van der Waals surface area contributed by atoms with Crippen LogP contribution < -0.4 is 9.80 Å². The van der Waals surface area contributed by atoms with Gasteiger partial charge in [-0.15, -0.1) is 0 Å². The van der Waals surface area contributed by atoms with Crippen LogP contribution in [0.1, 0.15) is 154 Å². The van der Waals surface area contributed by atoms with Crippen molar-refractivity contribution in [2.45, 2.75) is 126 Å². The van der Waals surface area contributed by atoms with E-state index in [0.29, 0.717) is 23.7 Å². The molecule has 0 amide bonds. The lowest BCUT2D eigenvalue weighted by Gasteiger charge is -2.53. The molecule has 1 aliphatic rings. The number of rotatable bonds is 10. The van der Waals surface area contributed by atoms with Crippen molar-refractivity contribution in [1.29, 1.82) is 0 Å². The zero-order valence-electron chi connectivity index (χ0n) is 44.9. The molecule has 0 aliphatic heterocycles. The number of nitrogens with zero attached hydrogens (tertiary/aromatic N) is 2. The quantitative estimate of drug-likeness (QED) is 0.126. The van der Waals surface area contributed by atoms with Gasteiger partial charge in [0.15, 0.2) is 0 Å². The molecule has 1 aliphatic carbocycles. The van der Waals surface area contributed by atoms with E-state index in [9.17, 15) is 0 Å². The molecule has 71 heavy (non-hydrogen) atoms. The van der Waals surface area contributed by atoms with Crippen LogP contribution >= 0.6 is 0 Å². The van der Waals surface area contributed by atoms with Crippen molar-refractivity contribution in [3.05, 3.63) is 203 Å². The van der Waals surface area contributed by atoms with Crippen LogP contribution in [0.3, 0.4) is 0 Å². The smallest absolute Gasteiger partial charge is 0.0468 e. The second kappa shape index (κ2) is 17.9. The molecule has 0 heterocycles. The highest BCUT2D eigenvalue weighted by Gasteiger charge is 2.58. The van der Waals surface area contributed by atoms with Crippen LogP contribution in [0, 0.1) is 10.8 Å². The molecule has 0 bridgehead atoms. The molecule has 9 aromatic rings. The van der Waals surface area contributed by atoms with E-state index >= 15 is 0 Å². The molecular formula is C69H74N2. The van der Waals surface area contributed by atoms with E-state index in [1.54, 1.807) is 0 Å². The highest BCUT2D eigenvalue weighted by atomic mass is 15.1. The first-order chi connectivity index (χ1) is 33.8. The summed E-state index contributed by atoms with van der Waals surface area (Å²) < 4.78 is 0. The highest BCUT2D eigenvalue weighted by Crippen LogP contribution is 2.68. The van der Waals surface area contributed by atoms with Gasteiger partial charge in [0.05, 0.1) is 0 Å². The SMILES string of the molecule is CC(C)c1ccc(N(c2ccc(C(C)C)cc2)c2ccc3cc4c(cc3c2)C(C(C)(C)C)(C(C)(C)C)c2c-4c3ccccc3c3cc(N(c4ccc(C(C)C)cc4)c4ccc(C(C)C)cc4)ccc23)cc1. The fraction of sp³-hybridized carbons (Fsp3) is 0.304. The summed E-state index contributed by atoms with van der Waals surface area (Å²) in [5.41, 5.74) is 17.2. The van der Waals surface area contributed by atoms with Gasteiger partial charge in [-0.1, -0.05) is 182 Å². The van der Waals surface area contributed by atoms with Crippen LogP contribution in [-0.4, -0.2) is 0 Å². The first-order valence-corrected chi connectivity index (χ1v) is 26.4. The van der Waals surface area contributed by atoms with E-state index in [2.05, 4.69) is 277 Å². The Hall–Kier alpha value is -6.64. The monoisotopic (exact) mass is 931 g/mol. The molecule has 9 aromatic carbocycles. The fourth-order valence-corrected chi connectivity index (χ4v) is 12.7. The molecule has 0 N–H and O–H groups in total. The van der Waals surface area contributed by atoms with E-state index in [-0.39, 0.29) is 16.2 Å². The third kappa shape index (κ3) is 8.03. The van der Waals surface area contributed by atoms with Gasteiger partial charge in [-0.05, 0) is 196 Å². The van der Waals surface area contributed by atoms with E-state index < -0.39 is 0 Å². The van der Waals surface area contributed by atoms with Crippen LogP contribution in [-0.2, 0) is 5.41 Å². The second-order valence-corrected chi connectivity index (χ2v) is 23.9. The molecule has 0 unspecified atom stereocenters. The Morgan fingerprint density at radius 2 is 0.718 bits per heavy atom. The van der Waals surface area contributed by atoms with Crippen molar-refractivity contribution in [1.82, 2.24) is 0 Å².